The molecule has 3 heterocycles. The molecule has 0 radical (unpaired) electrons. The SMILES string of the molecule is Cn1ncc2c(=O)n(CC(=O)OCc3nc(C(C)(C)C)no3)cnc21. The van der Waals surface area contributed by atoms with Gasteiger partial charge < -0.3 is 9.26 Å². The Morgan fingerprint density at radius 1 is 1.36 bits per heavy atom. The number of ether oxygens (including phenoxy) is 1. The van der Waals surface area contributed by atoms with Crippen LogP contribution in [-0.4, -0.2) is 35.4 Å². The van der Waals surface area contributed by atoms with Gasteiger partial charge in [-0.2, -0.15) is 10.1 Å². The molecule has 3 aromatic rings. The molecule has 10 nitrogen and oxygen atoms in total. The number of carbonyl (C=O) groups excluding carboxylic acids is 1. The van der Waals surface area contributed by atoms with Crippen LogP contribution in [0.2, 0.25) is 0 Å². The van der Waals surface area contributed by atoms with Gasteiger partial charge in [0.25, 0.3) is 11.4 Å². The third-order valence-corrected chi connectivity index (χ3v) is 3.51. The molecule has 0 aliphatic heterocycles. The van der Waals surface area contributed by atoms with E-state index in [0.29, 0.717) is 16.9 Å². The van der Waals surface area contributed by atoms with Gasteiger partial charge in [0.15, 0.2) is 18.1 Å². The van der Waals surface area contributed by atoms with Crippen molar-refractivity contribution >= 4 is 17.0 Å². The first kappa shape index (κ1) is 16.8. The van der Waals surface area contributed by atoms with Crippen LogP contribution in [-0.2, 0) is 35.1 Å². The van der Waals surface area contributed by atoms with Gasteiger partial charge in [-0.3, -0.25) is 18.8 Å². The second-order valence-corrected chi connectivity index (χ2v) is 6.61. The second kappa shape index (κ2) is 6.11. The van der Waals surface area contributed by atoms with E-state index < -0.39 is 5.97 Å². The van der Waals surface area contributed by atoms with E-state index >= 15 is 0 Å². The minimum Gasteiger partial charge on any atom is -0.454 e. The highest BCUT2D eigenvalue weighted by atomic mass is 16.6. The van der Waals surface area contributed by atoms with Crippen molar-refractivity contribution in [2.75, 3.05) is 0 Å². The molecule has 0 N–H and O–H groups in total. The normalized spacial score (nSPS) is 11.8. The zero-order chi connectivity index (χ0) is 18.2. The van der Waals surface area contributed by atoms with Crippen molar-refractivity contribution < 1.29 is 14.1 Å². The second-order valence-electron chi connectivity index (χ2n) is 6.61. The lowest BCUT2D eigenvalue weighted by atomic mass is 9.96. The average molecular weight is 346 g/mol. The van der Waals surface area contributed by atoms with Gasteiger partial charge >= 0.3 is 5.97 Å². The molecule has 3 aromatic heterocycles. The summed E-state index contributed by atoms with van der Waals surface area (Å²) in [5.74, 6) is 0.120. The number of esters is 1. The first-order chi connectivity index (χ1) is 11.8. The number of rotatable bonds is 4. The quantitative estimate of drug-likeness (QED) is 0.629. The van der Waals surface area contributed by atoms with E-state index in [4.69, 9.17) is 9.26 Å². The summed E-state index contributed by atoms with van der Waals surface area (Å²) in [5.41, 5.74) is -0.165. The summed E-state index contributed by atoms with van der Waals surface area (Å²) in [6, 6.07) is 0. The summed E-state index contributed by atoms with van der Waals surface area (Å²) >= 11 is 0. The lowest BCUT2D eigenvalue weighted by molar-refractivity contribution is -0.146. The number of fused-ring (bicyclic) bond motifs is 1. The molecule has 0 fully saturated rings. The maximum Gasteiger partial charge on any atom is 0.326 e. The molecule has 0 amide bonds. The van der Waals surface area contributed by atoms with Crippen molar-refractivity contribution in [1.82, 2.24) is 29.5 Å². The molecular weight excluding hydrogens is 328 g/mol. The molecule has 25 heavy (non-hydrogen) atoms. The molecular formula is C15H18N6O4. The zero-order valence-electron chi connectivity index (χ0n) is 14.4. The molecule has 0 spiro atoms. The van der Waals surface area contributed by atoms with Crippen LogP contribution in [0.25, 0.3) is 11.0 Å². The fourth-order valence-corrected chi connectivity index (χ4v) is 2.12. The van der Waals surface area contributed by atoms with Crippen LogP contribution in [0.5, 0.6) is 0 Å². The van der Waals surface area contributed by atoms with E-state index in [1.807, 2.05) is 20.8 Å². The topological polar surface area (TPSA) is 118 Å². The summed E-state index contributed by atoms with van der Waals surface area (Å²) in [4.78, 5) is 32.5. The molecule has 3 rings (SSSR count). The van der Waals surface area contributed by atoms with Crippen molar-refractivity contribution in [3.63, 3.8) is 0 Å². The van der Waals surface area contributed by atoms with Crippen LogP contribution in [0.4, 0.5) is 0 Å². The zero-order valence-corrected chi connectivity index (χ0v) is 14.4. The van der Waals surface area contributed by atoms with Crippen LogP contribution in [0, 0.1) is 0 Å². The van der Waals surface area contributed by atoms with Gasteiger partial charge in [-0.1, -0.05) is 25.9 Å². The van der Waals surface area contributed by atoms with Gasteiger partial charge in [0.05, 0.1) is 6.20 Å². The van der Waals surface area contributed by atoms with Gasteiger partial charge in [-0.25, -0.2) is 4.98 Å². The Morgan fingerprint density at radius 2 is 2.12 bits per heavy atom. The number of aromatic nitrogens is 6. The lowest BCUT2D eigenvalue weighted by Crippen LogP contribution is -2.25. The molecule has 0 bridgehead atoms. The van der Waals surface area contributed by atoms with Gasteiger partial charge in [0.1, 0.15) is 18.3 Å². The van der Waals surface area contributed by atoms with Gasteiger partial charge in [0.2, 0.25) is 0 Å². The number of aryl methyl sites for hydroxylation is 1. The van der Waals surface area contributed by atoms with E-state index in [0.717, 1.165) is 0 Å². The Morgan fingerprint density at radius 3 is 2.80 bits per heavy atom. The van der Waals surface area contributed by atoms with Gasteiger partial charge in [0, 0.05) is 12.5 Å². The first-order valence-corrected chi connectivity index (χ1v) is 7.61. The third-order valence-electron chi connectivity index (χ3n) is 3.51. The summed E-state index contributed by atoms with van der Waals surface area (Å²) in [7, 11) is 1.68. The maximum atomic E-state index is 12.3. The molecule has 0 aliphatic carbocycles. The number of carbonyl (C=O) groups is 1. The predicted molar refractivity (Wildman–Crippen MR) is 85.6 cm³/mol. The molecule has 0 unspecified atom stereocenters. The molecule has 10 heteroatoms. The lowest BCUT2D eigenvalue weighted by Gasteiger charge is -2.10. The molecule has 0 saturated carbocycles. The van der Waals surface area contributed by atoms with Crippen molar-refractivity contribution in [1.29, 1.82) is 0 Å². The minimum absolute atomic E-state index is 0.154. The van der Waals surface area contributed by atoms with Crippen molar-refractivity contribution in [3.8, 4) is 0 Å². The summed E-state index contributed by atoms with van der Waals surface area (Å²) < 4.78 is 12.8. The van der Waals surface area contributed by atoms with E-state index in [2.05, 4.69) is 20.2 Å². The largest absolute Gasteiger partial charge is 0.454 e. The first-order valence-electron chi connectivity index (χ1n) is 7.61. The summed E-state index contributed by atoms with van der Waals surface area (Å²) in [6.07, 6.45) is 2.71. The van der Waals surface area contributed by atoms with Crippen LogP contribution in [0.3, 0.4) is 0 Å². The number of hydrogen-bond acceptors (Lipinski definition) is 8. The Kier molecular flexibility index (Phi) is 4.11. The molecule has 0 aromatic carbocycles. The van der Waals surface area contributed by atoms with Crippen molar-refractivity contribution in [2.24, 2.45) is 7.05 Å². The van der Waals surface area contributed by atoms with Crippen LogP contribution in [0.15, 0.2) is 21.8 Å². The minimum atomic E-state index is -0.609. The average Bonchev–Trinajstić information content (AvgIpc) is 3.15. The molecule has 132 valence electrons. The highest BCUT2D eigenvalue weighted by Crippen LogP contribution is 2.18. The number of nitrogens with zero attached hydrogens (tertiary/aromatic N) is 6. The highest BCUT2D eigenvalue weighted by molar-refractivity contribution is 5.74. The predicted octanol–water partition coefficient (Wildman–Crippen LogP) is 0.554. The Bertz CT molecular complexity index is 978. The van der Waals surface area contributed by atoms with E-state index in [-0.39, 0.29) is 30.0 Å². The molecule has 0 saturated heterocycles. The fourth-order valence-electron chi connectivity index (χ4n) is 2.12. The third kappa shape index (κ3) is 3.42. The Hall–Kier alpha value is -3.04. The van der Waals surface area contributed by atoms with Crippen LogP contribution in [0.1, 0.15) is 32.5 Å². The standard InChI is InChI=1S/C15H18N6O4/c1-15(2,3)14-18-10(25-19-14)7-24-11(22)6-21-8-16-12-9(13(21)23)5-17-20(12)4/h5,8H,6-7H2,1-4H3. The summed E-state index contributed by atoms with van der Waals surface area (Å²) in [5, 5.41) is 8.16. The van der Waals surface area contributed by atoms with Gasteiger partial charge in [-0.15, -0.1) is 0 Å². The fraction of sp³-hybridized carbons (Fsp3) is 0.467. The Balaban J connectivity index is 1.66. The van der Waals surface area contributed by atoms with E-state index in [1.165, 1.54) is 21.8 Å². The maximum absolute atomic E-state index is 12.3. The highest BCUT2D eigenvalue weighted by Gasteiger charge is 2.21. The Labute approximate surface area is 142 Å². The van der Waals surface area contributed by atoms with E-state index in [1.54, 1.807) is 7.05 Å². The summed E-state index contributed by atoms with van der Waals surface area (Å²) in [6.45, 7) is 5.42. The smallest absolute Gasteiger partial charge is 0.326 e. The van der Waals surface area contributed by atoms with Crippen molar-refractivity contribution in [2.45, 2.75) is 39.3 Å². The number of hydrogen-bond donors (Lipinski definition) is 0. The molecule has 0 atom stereocenters. The monoisotopic (exact) mass is 346 g/mol. The van der Waals surface area contributed by atoms with Crippen LogP contribution >= 0.6 is 0 Å². The molecule has 0 aliphatic rings. The van der Waals surface area contributed by atoms with Crippen molar-refractivity contribution in [3.05, 3.63) is 34.6 Å². The van der Waals surface area contributed by atoms with Crippen LogP contribution < -0.4 is 5.56 Å². The van der Waals surface area contributed by atoms with Gasteiger partial charge in [-0.05, 0) is 0 Å². The van der Waals surface area contributed by atoms with E-state index in [9.17, 15) is 9.59 Å².